The van der Waals surface area contributed by atoms with Crippen LogP contribution >= 0.6 is 0 Å². The topological polar surface area (TPSA) is 43.4 Å². The molecule has 0 bridgehead atoms. The monoisotopic (exact) mass is 291 g/mol. The molecule has 0 fully saturated rings. The van der Waals surface area contributed by atoms with E-state index in [-0.39, 0.29) is 34.5 Å². The molecule has 0 saturated carbocycles. The van der Waals surface area contributed by atoms with Gasteiger partial charge in [-0.1, -0.05) is 44.4 Å². The van der Waals surface area contributed by atoms with Crippen molar-refractivity contribution in [3.8, 4) is 0 Å². The minimum absolute atomic E-state index is 0. The van der Waals surface area contributed by atoms with E-state index in [0.29, 0.717) is 0 Å². The summed E-state index contributed by atoms with van der Waals surface area (Å²) in [6.45, 7) is 2.16. The average molecular weight is 291 g/mol. The van der Waals surface area contributed by atoms with Crippen molar-refractivity contribution in [2.24, 2.45) is 0 Å². The first-order valence-electron chi connectivity index (χ1n) is 6.30. The van der Waals surface area contributed by atoms with E-state index < -0.39 is 10.1 Å². The van der Waals surface area contributed by atoms with E-state index >= 15 is 0 Å². The van der Waals surface area contributed by atoms with Gasteiger partial charge in [0.2, 0.25) is 0 Å². The maximum Gasteiger partial charge on any atom is 0.338 e. The fourth-order valence-corrected chi connectivity index (χ4v) is 2.34. The Bertz CT molecular complexity index is 455. The third-order valence-corrected chi connectivity index (χ3v) is 3.75. The molecule has 0 aliphatic heterocycles. The smallest absolute Gasteiger partial charge is 0.338 e. The molecule has 3 nitrogen and oxygen atoms in total. The first kappa shape index (κ1) is 18.7. The quantitative estimate of drug-likeness (QED) is 0.319. The molecule has 5 heteroatoms. The number of benzene rings is 1. The van der Waals surface area contributed by atoms with Gasteiger partial charge in [-0.3, -0.25) is 0 Å². The van der Waals surface area contributed by atoms with Crippen molar-refractivity contribution < 1.29 is 12.6 Å². The van der Waals surface area contributed by atoms with Crippen LogP contribution in [0, 0.1) is 0 Å². The molecule has 1 aromatic rings. The summed E-state index contributed by atoms with van der Waals surface area (Å²) in [6.07, 6.45) is 8.54. The molecule has 0 saturated heterocycles. The molecule has 0 unspecified atom stereocenters. The summed E-state index contributed by atoms with van der Waals surface area (Å²) in [5, 5.41) is 0. The Hall–Kier alpha value is -0.290. The zero-order chi connectivity index (χ0) is 13.3. The van der Waals surface area contributed by atoms with E-state index in [4.69, 9.17) is 4.18 Å². The summed E-state index contributed by atoms with van der Waals surface area (Å²) in [5.41, 5.74) is 0. The number of allylic oxidation sites excluding steroid dienone is 1. The van der Waals surface area contributed by atoms with Crippen molar-refractivity contribution in [3.05, 3.63) is 42.7 Å². The molecule has 1 rings (SSSR count). The van der Waals surface area contributed by atoms with Gasteiger partial charge >= 0.3 is 10.1 Å². The summed E-state index contributed by atoms with van der Waals surface area (Å²) in [4.78, 5) is 0.181. The molecule has 19 heavy (non-hydrogen) atoms. The van der Waals surface area contributed by atoms with E-state index in [1.54, 1.807) is 24.3 Å². The Balaban J connectivity index is 0.00000324. The number of rotatable bonds is 8. The van der Waals surface area contributed by atoms with E-state index in [1.807, 2.05) is 0 Å². The van der Waals surface area contributed by atoms with Gasteiger partial charge in [-0.2, -0.15) is 8.42 Å². The Morgan fingerprint density at radius 2 is 1.79 bits per heavy atom. The zero-order valence-corrected chi connectivity index (χ0v) is 14.5. The van der Waals surface area contributed by atoms with Gasteiger partial charge < -0.3 is 4.18 Å². The molecule has 0 N–H and O–H groups in total. The molecular formula is C14H20NaO3S. The van der Waals surface area contributed by atoms with Crippen LogP contribution in [0.5, 0.6) is 0 Å². The third-order valence-electron chi connectivity index (χ3n) is 2.53. The predicted molar refractivity (Wildman–Crippen MR) is 78.4 cm³/mol. The summed E-state index contributed by atoms with van der Waals surface area (Å²) in [7, 11) is -3.64. The molecule has 0 spiro atoms. The molecule has 0 aromatic heterocycles. The molecule has 1 radical (unpaired) electrons. The fraction of sp³-hybridized carbons (Fsp3) is 0.429. The summed E-state index contributed by atoms with van der Waals surface area (Å²) < 4.78 is 28.2. The Morgan fingerprint density at radius 3 is 2.42 bits per heavy atom. The molecule has 1 aromatic carbocycles. The maximum atomic E-state index is 11.7. The summed E-state index contributed by atoms with van der Waals surface area (Å²) in [5.74, 6) is 0. The van der Waals surface area contributed by atoms with E-state index in [0.717, 1.165) is 12.8 Å². The van der Waals surface area contributed by atoms with Gasteiger partial charge in [0.15, 0.2) is 0 Å². The minimum Gasteiger partial charge on any atom is -0.387 e. The van der Waals surface area contributed by atoms with Gasteiger partial charge in [0, 0.05) is 29.6 Å². The first-order valence-corrected chi connectivity index (χ1v) is 7.71. The number of hydrogen-bond acceptors (Lipinski definition) is 3. The van der Waals surface area contributed by atoms with Crippen LogP contribution in [-0.2, 0) is 14.3 Å². The maximum absolute atomic E-state index is 11.7. The first-order chi connectivity index (χ1) is 8.67. The van der Waals surface area contributed by atoms with Gasteiger partial charge in [-0.15, -0.1) is 0 Å². The van der Waals surface area contributed by atoms with Crippen LogP contribution in [-0.4, -0.2) is 38.0 Å². The third kappa shape index (κ3) is 7.78. The van der Waals surface area contributed by atoms with Crippen LogP contribution in [0.3, 0.4) is 0 Å². The van der Waals surface area contributed by atoms with Crippen LogP contribution in [0.15, 0.2) is 47.6 Å². The summed E-state index contributed by atoms with van der Waals surface area (Å²) in [6, 6.07) is 8.15. The molecule has 0 aliphatic carbocycles. The van der Waals surface area contributed by atoms with Crippen LogP contribution in [0.4, 0.5) is 0 Å². The molecule has 0 atom stereocenters. The summed E-state index contributed by atoms with van der Waals surface area (Å²) >= 11 is 0. The predicted octanol–water partition coefficient (Wildman–Crippen LogP) is 3.50. The van der Waals surface area contributed by atoms with Crippen molar-refractivity contribution in [3.63, 3.8) is 0 Å². The average Bonchev–Trinajstić information content (AvgIpc) is 2.39. The second kappa shape index (κ2) is 10.5. The van der Waals surface area contributed by atoms with Crippen LogP contribution in [0.25, 0.3) is 0 Å². The van der Waals surface area contributed by atoms with Crippen LogP contribution in [0.1, 0.15) is 39.0 Å². The van der Waals surface area contributed by atoms with Crippen molar-refractivity contribution >= 4 is 39.7 Å². The fourth-order valence-electron chi connectivity index (χ4n) is 1.51. The van der Waals surface area contributed by atoms with E-state index in [2.05, 4.69) is 6.92 Å². The van der Waals surface area contributed by atoms with Gasteiger partial charge in [0.25, 0.3) is 0 Å². The normalized spacial score (nSPS) is 11.2. The number of hydrogen-bond donors (Lipinski definition) is 0. The second-order valence-electron chi connectivity index (χ2n) is 4.08. The van der Waals surface area contributed by atoms with Crippen molar-refractivity contribution in [2.45, 2.75) is 43.9 Å². The van der Waals surface area contributed by atoms with Gasteiger partial charge in [-0.05, 0) is 31.1 Å². The Labute approximate surface area is 138 Å². The number of unbranched alkanes of at least 4 members (excludes halogenated alkanes) is 4. The van der Waals surface area contributed by atoms with E-state index in [9.17, 15) is 8.42 Å². The van der Waals surface area contributed by atoms with Crippen molar-refractivity contribution in [1.29, 1.82) is 0 Å². The molecule has 0 heterocycles. The van der Waals surface area contributed by atoms with Gasteiger partial charge in [0.1, 0.15) is 11.2 Å². The largest absolute Gasteiger partial charge is 0.387 e. The molecule has 0 amide bonds. The van der Waals surface area contributed by atoms with E-state index in [1.165, 1.54) is 37.7 Å². The molecule has 0 aliphatic rings. The van der Waals surface area contributed by atoms with Gasteiger partial charge in [0.05, 0.1) is 0 Å². The van der Waals surface area contributed by atoms with Crippen LogP contribution < -0.4 is 0 Å². The SMILES string of the molecule is CCCCCCC=COS(=O)(=O)c1ccccc1.[Na]. The second-order valence-corrected chi connectivity index (χ2v) is 5.66. The zero-order valence-electron chi connectivity index (χ0n) is 11.7. The van der Waals surface area contributed by atoms with Crippen molar-refractivity contribution in [1.82, 2.24) is 0 Å². The minimum atomic E-state index is -3.64. The molecular weight excluding hydrogens is 271 g/mol. The Morgan fingerprint density at radius 1 is 1.11 bits per heavy atom. The Kier molecular flexibility index (Phi) is 10.3. The standard InChI is InChI=1S/C14H20O3S.Na/c1-2-3-4-5-6-10-13-17-18(15,16)14-11-8-7-9-12-14;/h7-13H,2-6H2,1H3;. The molecule has 101 valence electrons. The van der Waals surface area contributed by atoms with Crippen LogP contribution in [0.2, 0.25) is 0 Å². The van der Waals surface area contributed by atoms with Crippen molar-refractivity contribution in [2.75, 3.05) is 0 Å². The van der Waals surface area contributed by atoms with Gasteiger partial charge in [-0.25, -0.2) is 0 Å².